The molecule has 1 aromatic carbocycles. The van der Waals surface area contributed by atoms with Gasteiger partial charge in [-0.15, -0.1) is 0 Å². The fourth-order valence-electron chi connectivity index (χ4n) is 1.46. The van der Waals surface area contributed by atoms with Gasteiger partial charge in [-0.1, -0.05) is 6.07 Å². The maximum atomic E-state index is 11.5. The van der Waals surface area contributed by atoms with E-state index in [2.05, 4.69) is 0 Å². The highest BCUT2D eigenvalue weighted by Gasteiger charge is 2.21. The molecule has 0 fully saturated rings. The first-order valence-corrected chi connectivity index (χ1v) is 4.45. The molecule has 0 aliphatic carbocycles. The summed E-state index contributed by atoms with van der Waals surface area (Å²) >= 11 is 0. The molecule has 0 spiro atoms. The minimum atomic E-state index is -0.163. The van der Waals surface area contributed by atoms with Crippen molar-refractivity contribution >= 4 is 11.6 Å². The van der Waals surface area contributed by atoms with Gasteiger partial charge in [0.25, 0.3) is 0 Å². The second kappa shape index (κ2) is 3.25. The molecular weight excluding hydrogens is 180 g/mol. The summed E-state index contributed by atoms with van der Waals surface area (Å²) in [5.74, 6) is 0.215. The van der Waals surface area contributed by atoms with E-state index in [0.717, 1.165) is 5.56 Å². The number of fused-ring (bicyclic) bond motifs is 1. The molecule has 1 aliphatic rings. The van der Waals surface area contributed by atoms with Crippen molar-refractivity contribution in [2.24, 2.45) is 0 Å². The topological polar surface area (TPSA) is 43.4 Å². The van der Waals surface area contributed by atoms with Gasteiger partial charge in [0.2, 0.25) is 0 Å². The number of ether oxygens (including phenoxy) is 1. The maximum absolute atomic E-state index is 11.5. The molecule has 0 atom stereocenters. The highest BCUT2D eigenvalue weighted by molar-refractivity contribution is 6.10. The second-order valence-corrected chi connectivity index (χ2v) is 3.43. The van der Waals surface area contributed by atoms with Crippen LogP contribution in [-0.4, -0.2) is 18.2 Å². The zero-order valence-electron chi connectivity index (χ0n) is 7.87. The van der Waals surface area contributed by atoms with Crippen molar-refractivity contribution < 1.29 is 14.3 Å². The predicted octanol–water partition coefficient (Wildman–Crippen LogP) is 1.53. The number of hydrogen-bond donors (Lipinski definition) is 0. The van der Waals surface area contributed by atoms with Crippen molar-refractivity contribution in [2.75, 3.05) is 6.61 Å². The van der Waals surface area contributed by atoms with Gasteiger partial charge in [0.15, 0.2) is 11.6 Å². The Bertz CT molecular complexity index is 407. The predicted molar refractivity (Wildman–Crippen MR) is 50.6 cm³/mol. The van der Waals surface area contributed by atoms with E-state index in [1.807, 2.05) is 13.0 Å². The minimum Gasteiger partial charge on any atom is -0.485 e. The third-order valence-corrected chi connectivity index (χ3v) is 2.18. The van der Waals surface area contributed by atoms with E-state index in [1.165, 1.54) is 0 Å². The molecule has 0 radical (unpaired) electrons. The van der Waals surface area contributed by atoms with Crippen LogP contribution < -0.4 is 4.74 Å². The van der Waals surface area contributed by atoms with Gasteiger partial charge in [0.05, 0.1) is 12.0 Å². The lowest BCUT2D eigenvalue weighted by Gasteiger charge is -2.05. The van der Waals surface area contributed by atoms with E-state index in [-0.39, 0.29) is 24.6 Å². The standard InChI is InChI=1S/C11H10O3/c1-7-2-3-9-10(13)5-8(12)6-14-11(9)4-7/h2-4H,5-6H2,1H3. The fraction of sp³-hybridized carbons (Fsp3) is 0.273. The van der Waals surface area contributed by atoms with Crippen LogP contribution >= 0.6 is 0 Å². The molecule has 3 heteroatoms. The Morgan fingerprint density at radius 1 is 1.29 bits per heavy atom. The summed E-state index contributed by atoms with van der Waals surface area (Å²) in [6.07, 6.45) is -0.0456. The van der Waals surface area contributed by atoms with Crippen LogP contribution in [0, 0.1) is 6.92 Å². The Hall–Kier alpha value is -1.64. The molecule has 14 heavy (non-hydrogen) atoms. The van der Waals surface area contributed by atoms with Crippen LogP contribution in [0.3, 0.4) is 0 Å². The average molecular weight is 190 g/mol. The molecule has 2 rings (SSSR count). The molecule has 0 unspecified atom stereocenters. The third-order valence-electron chi connectivity index (χ3n) is 2.18. The molecule has 3 nitrogen and oxygen atoms in total. The number of carbonyl (C=O) groups is 2. The Kier molecular flexibility index (Phi) is 2.08. The summed E-state index contributed by atoms with van der Waals surface area (Å²) < 4.78 is 5.24. The SMILES string of the molecule is Cc1ccc2c(c1)OCC(=O)CC2=O. The molecular formula is C11H10O3. The van der Waals surface area contributed by atoms with Crippen molar-refractivity contribution in [3.8, 4) is 5.75 Å². The summed E-state index contributed by atoms with van der Waals surface area (Å²) in [5.41, 5.74) is 1.53. The molecule has 1 heterocycles. The number of hydrogen-bond acceptors (Lipinski definition) is 3. The smallest absolute Gasteiger partial charge is 0.177 e. The minimum absolute atomic E-state index is 0.00218. The first-order chi connectivity index (χ1) is 6.66. The van der Waals surface area contributed by atoms with Gasteiger partial charge in [0.1, 0.15) is 12.4 Å². The lowest BCUT2D eigenvalue weighted by molar-refractivity contribution is -0.119. The quantitative estimate of drug-likeness (QED) is 0.583. The largest absolute Gasteiger partial charge is 0.485 e. The van der Waals surface area contributed by atoms with Gasteiger partial charge in [-0.2, -0.15) is 0 Å². The van der Waals surface area contributed by atoms with Crippen LogP contribution in [-0.2, 0) is 4.79 Å². The fourth-order valence-corrected chi connectivity index (χ4v) is 1.46. The summed E-state index contributed by atoms with van der Waals surface area (Å²) in [7, 11) is 0. The molecule has 0 saturated heterocycles. The van der Waals surface area contributed by atoms with Crippen molar-refractivity contribution in [1.29, 1.82) is 0 Å². The first kappa shape index (κ1) is 8.94. The average Bonchev–Trinajstić information content (AvgIpc) is 2.26. The van der Waals surface area contributed by atoms with Crippen molar-refractivity contribution in [2.45, 2.75) is 13.3 Å². The number of rotatable bonds is 0. The molecule has 1 aliphatic heterocycles. The van der Waals surface area contributed by atoms with Crippen molar-refractivity contribution in [1.82, 2.24) is 0 Å². The van der Waals surface area contributed by atoms with Crippen LogP contribution in [0.1, 0.15) is 22.3 Å². The lowest BCUT2D eigenvalue weighted by Crippen LogP contribution is -2.10. The number of Topliss-reactive ketones (excluding diaryl/α,β-unsaturated/α-hetero) is 2. The maximum Gasteiger partial charge on any atom is 0.177 e. The summed E-state index contributed by atoms with van der Waals surface area (Å²) in [6, 6.07) is 5.34. The van der Waals surface area contributed by atoms with Gasteiger partial charge in [-0.25, -0.2) is 0 Å². The number of carbonyl (C=O) groups excluding carboxylic acids is 2. The van der Waals surface area contributed by atoms with Crippen LogP contribution in [0.15, 0.2) is 18.2 Å². The van der Waals surface area contributed by atoms with Crippen LogP contribution in [0.2, 0.25) is 0 Å². The monoisotopic (exact) mass is 190 g/mol. The summed E-state index contributed by atoms with van der Waals surface area (Å²) in [4.78, 5) is 22.6. The Morgan fingerprint density at radius 3 is 2.86 bits per heavy atom. The lowest BCUT2D eigenvalue weighted by atomic mass is 10.0. The molecule has 0 amide bonds. The van der Waals surface area contributed by atoms with Gasteiger partial charge in [-0.05, 0) is 24.6 Å². The van der Waals surface area contributed by atoms with Gasteiger partial charge >= 0.3 is 0 Å². The molecule has 0 aromatic heterocycles. The van der Waals surface area contributed by atoms with E-state index in [1.54, 1.807) is 12.1 Å². The highest BCUT2D eigenvalue weighted by atomic mass is 16.5. The second-order valence-electron chi connectivity index (χ2n) is 3.43. The molecule has 0 bridgehead atoms. The van der Waals surface area contributed by atoms with Crippen LogP contribution in [0.4, 0.5) is 0 Å². The summed E-state index contributed by atoms with van der Waals surface area (Å²) in [6.45, 7) is 1.92. The molecule has 0 N–H and O–H groups in total. The molecule has 0 saturated carbocycles. The Balaban J connectivity index is 2.48. The van der Waals surface area contributed by atoms with Gasteiger partial charge in [-0.3, -0.25) is 9.59 Å². The van der Waals surface area contributed by atoms with Gasteiger partial charge in [0, 0.05) is 0 Å². The highest BCUT2D eigenvalue weighted by Crippen LogP contribution is 2.24. The Morgan fingerprint density at radius 2 is 2.07 bits per heavy atom. The first-order valence-electron chi connectivity index (χ1n) is 4.45. The van der Waals surface area contributed by atoms with E-state index >= 15 is 0 Å². The van der Waals surface area contributed by atoms with E-state index in [9.17, 15) is 9.59 Å². The zero-order chi connectivity index (χ0) is 10.1. The van der Waals surface area contributed by atoms with E-state index in [0.29, 0.717) is 11.3 Å². The Labute approximate surface area is 81.7 Å². The number of ketones is 2. The molecule has 72 valence electrons. The normalized spacial score (nSPS) is 15.8. The van der Waals surface area contributed by atoms with Crippen molar-refractivity contribution in [3.63, 3.8) is 0 Å². The number of benzene rings is 1. The zero-order valence-corrected chi connectivity index (χ0v) is 7.87. The molecule has 1 aromatic rings. The van der Waals surface area contributed by atoms with E-state index < -0.39 is 0 Å². The van der Waals surface area contributed by atoms with Gasteiger partial charge < -0.3 is 4.74 Å². The van der Waals surface area contributed by atoms with Crippen molar-refractivity contribution in [3.05, 3.63) is 29.3 Å². The van der Waals surface area contributed by atoms with E-state index in [4.69, 9.17) is 4.74 Å². The van der Waals surface area contributed by atoms with Crippen LogP contribution in [0.25, 0.3) is 0 Å². The summed E-state index contributed by atoms with van der Waals surface area (Å²) in [5, 5.41) is 0. The third kappa shape index (κ3) is 1.53. The number of aryl methyl sites for hydroxylation is 1. The van der Waals surface area contributed by atoms with Crippen LogP contribution in [0.5, 0.6) is 5.75 Å².